The largest absolute Gasteiger partial charge is 0.416 e. The SMILES string of the molecule is CC(CC(=O)N1CCc2ccccc2C1CCN1CCC(c2cccc(C(F)(F)F)c2)CC1)CC(C)(C)C. The third kappa shape index (κ3) is 7.40. The first-order chi connectivity index (χ1) is 17.9. The van der Waals surface area contributed by atoms with Crippen molar-refractivity contribution in [3.8, 4) is 0 Å². The van der Waals surface area contributed by atoms with Crippen molar-refractivity contribution in [3.05, 3.63) is 70.8 Å². The molecule has 3 nitrogen and oxygen atoms in total. The lowest BCUT2D eigenvalue weighted by molar-refractivity contribution is -0.137. The fourth-order valence-corrected chi connectivity index (χ4v) is 6.56. The molecule has 0 aromatic heterocycles. The van der Waals surface area contributed by atoms with Crippen molar-refractivity contribution in [3.63, 3.8) is 0 Å². The molecule has 2 aliphatic rings. The van der Waals surface area contributed by atoms with E-state index in [-0.39, 0.29) is 23.3 Å². The highest BCUT2D eigenvalue weighted by Gasteiger charge is 2.33. The number of alkyl halides is 3. The van der Waals surface area contributed by atoms with Crippen LogP contribution >= 0.6 is 0 Å². The minimum absolute atomic E-state index is 0.0791. The minimum Gasteiger partial charge on any atom is -0.335 e. The van der Waals surface area contributed by atoms with Crippen LogP contribution in [0.1, 0.15) is 94.0 Å². The monoisotopic (exact) mass is 528 g/mol. The van der Waals surface area contributed by atoms with Crippen LogP contribution in [0.15, 0.2) is 48.5 Å². The van der Waals surface area contributed by atoms with Gasteiger partial charge in [0, 0.05) is 19.5 Å². The molecule has 1 fully saturated rings. The summed E-state index contributed by atoms with van der Waals surface area (Å²) in [6, 6.07) is 14.4. The number of hydrogen-bond acceptors (Lipinski definition) is 2. The Morgan fingerprint density at radius 1 is 1.00 bits per heavy atom. The topological polar surface area (TPSA) is 23.6 Å². The van der Waals surface area contributed by atoms with Crippen LogP contribution in [0.5, 0.6) is 0 Å². The van der Waals surface area contributed by atoms with Crippen molar-refractivity contribution in [2.24, 2.45) is 11.3 Å². The number of rotatable bonds is 7. The normalized spacial score (nSPS) is 20.3. The first kappa shape index (κ1) is 28.7. The van der Waals surface area contributed by atoms with E-state index < -0.39 is 11.7 Å². The second kappa shape index (κ2) is 11.8. The predicted octanol–water partition coefficient (Wildman–Crippen LogP) is 7.86. The van der Waals surface area contributed by atoms with Crippen LogP contribution < -0.4 is 0 Å². The number of nitrogens with zero attached hydrogens (tertiary/aromatic N) is 2. The molecule has 0 saturated carbocycles. The number of hydrogen-bond donors (Lipinski definition) is 0. The molecule has 208 valence electrons. The number of amides is 1. The van der Waals surface area contributed by atoms with Gasteiger partial charge < -0.3 is 9.80 Å². The molecular formula is C32H43F3N2O. The molecule has 0 radical (unpaired) electrons. The lowest BCUT2D eigenvalue weighted by Crippen LogP contribution is -2.43. The number of halogens is 3. The van der Waals surface area contributed by atoms with Crippen LogP contribution in [0.25, 0.3) is 0 Å². The van der Waals surface area contributed by atoms with Crippen LogP contribution in [0.4, 0.5) is 13.2 Å². The zero-order chi connectivity index (χ0) is 27.5. The molecule has 1 amide bonds. The highest BCUT2D eigenvalue weighted by Crippen LogP contribution is 2.37. The summed E-state index contributed by atoms with van der Waals surface area (Å²) in [6.07, 6.45) is 0.790. The summed E-state index contributed by atoms with van der Waals surface area (Å²) in [4.78, 5) is 18.0. The van der Waals surface area contributed by atoms with E-state index in [1.165, 1.54) is 23.3 Å². The Bertz CT molecular complexity index is 1080. The summed E-state index contributed by atoms with van der Waals surface area (Å²) < 4.78 is 39.5. The van der Waals surface area contributed by atoms with Crippen LogP contribution in [-0.2, 0) is 17.4 Å². The van der Waals surface area contributed by atoms with Gasteiger partial charge in [0.25, 0.3) is 0 Å². The van der Waals surface area contributed by atoms with Gasteiger partial charge in [0.1, 0.15) is 0 Å². The zero-order valence-electron chi connectivity index (χ0n) is 23.4. The average Bonchev–Trinajstić information content (AvgIpc) is 2.86. The Morgan fingerprint density at radius 3 is 2.39 bits per heavy atom. The van der Waals surface area contributed by atoms with Crippen LogP contribution in [0, 0.1) is 11.3 Å². The predicted molar refractivity (Wildman–Crippen MR) is 147 cm³/mol. The van der Waals surface area contributed by atoms with Gasteiger partial charge in [0.15, 0.2) is 0 Å². The summed E-state index contributed by atoms with van der Waals surface area (Å²) in [6.45, 7) is 12.2. The van der Waals surface area contributed by atoms with Crippen molar-refractivity contribution < 1.29 is 18.0 Å². The molecule has 2 aromatic rings. The van der Waals surface area contributed by atoms with Crippen LogP contribution in [0.2, 0.25) is 0 Å². The number of carbonyl (C=O) groups excluding carboxylic acids is 1. The van der Waals surface area contributed by atoms with E-state index in [0.717, 1.165) is 69.9 Å². The highest BCUT2D eigenvalue weighted by molar-refractivity contribution is 5.77. The zero-order valence-corrected chi connectivity index (χ0v) is 23.4. The molecule has 2 heterocycles. The van der Waals surface area contributed by atoms with Crippen molar-refractivity contribution >= 4 is 5.91 Å². The maximum Gasteiger partial charge on any atom is 0.416 e. The molecule has 38 heavy (non-hydrogen) atoms. The van der Waals surface area contributed by atoms with Crippen LogP contribution in [-0.4, -0.2) is 41.9 Å². The summed E-state index contributed by atoms with van der Waals surface area (Å²) in [5, 5.41) is 0. The van der Waals surface area contributed by atoms with E-state index in [4.69, 9.17) is 0 Å². The molecule has 0 N–H and O–H groups in total. The quantitative estimate of drug-likeness (QED) is 0.365. The fourth-order valence-electron chi connectivity index (χ4n) is 6.56. The number of piperidine rings is 1. The van der Waals surface area contributed by atoms with Crippen LogP contribution in [0.3, 0.4) is 0 Å². The van der Waals surface area contributed by atoms with Crippen molar-refractivity contribution in [2.45, 2.75) is 84.4 Å². The number of likely N-dealkylation sites (tertiary alicyclic amines) is 1. The second-order valence-corrected chi connectivity index (χ2v) is 12.7. The van der Waals surface area contributed by atoms with Gasteiger partial charge in [-0.05, 0) is 85.2 Å². The third-order valence-electron chi connectivity index (χ3n) is 8.21. The maximum absolute atomic E-state index is 13.5. The fraction of sp³-hybridized carbons (Fsp3) is 0.594. The van der Waals surface area contributed by atoms with E-state index in [2.05, 4.69) is 61.8 Å². The summed E-state index contributed by atoms with van der Waals surface area (Å²) >= 11 is 0. The lowest BCUT2D eigenvalue weighted by Gasteiger charge is -2.40. The summed E-state index contributed by atoms with van der Waals surface area (Å²) in [5.41, 5.74) is 3.05. The van der Waals surface area contributed by atoms with E-state index in [0.29, 0.717) is 12.3 Å². The third-order valence-corrected chi connectivity index (χ3v) is 8.21. The molecule has 2 aromatic carbocycles. The van der Waals surface area contributed by atoms with Gasteiger partial charge in [-0.2, -0.15) is 13.2 Å². The number of carbonyl (C=O) groups is 1. The molecular weight excluding hydrogens is 485 g/mol. The van der Waals surface area contributed by atoms with Crippen molar-refractivity contribution in [1.82, 2.24) is 9.80 Å². The minimum atomic E-state index is -4.30. The number of benzene rings is 2. The van der Waals surface area contributed by atoms with E-state index >= 15 is 0 Å². The Labute approximate surface area is 226 Å². The van der Waals surface area contributed by atoms with Gasteiger partial charge in [0.05, 0.1) is 11.6 Å². The number of fused-ring (bicyclic) bond motifs is 1. The standard InChI is InChI=1S/C32H43F3N2O/c1-23(22-31(2,3)4)20-30(38)37-19-14-25-8-5-6-11-28(25)29(37)15-18-36-16-12-24(13-17-36)26-9-7-10-27(21-26)32(33,34)35/h5-11,21,23-24,29H,12-20,22H2,1-4H3. The van der Waals surface area contributed by atoms with E-state index in [1.807, 2.05) is 6.07 Å². The van der Waals surface area contributed by atoms with Gasteiger partial charge in [-0.15, -0.1) is 0 Å². The Hall–Kier alpha value is -2.34. The van der Waals surface area contributed by atoms with Gasteiger partial charge in [-0.25, -0.2) is 0 Å². The van der Waals surface area contributed by atoms with Crippen molar-refractivity contribution in [1.29, 1.82) is 0 Å². The molecule has 4 rings (SSSR count). The van der Waals surface area contributed by atoms with E-state index in [1.54, 1.807) is 0 Å². The molecule has 0 bridgehead atoms. The average molecular weight is 529 g/mol. The van der Waals surface area contributed by atoms with E-state index in [9.17, 15) is 18.0 Å². The molecule has 0 aliphatic carbocycles. The maximum atomic E-state index is 13.5. The summed E-state index contributed by atoms with van der Waals surface area (Å²) in [7, 11) is 0. The molecule has 1 saturated heterocycles. The van der Waals surface area contributed by atoms with Gasteiger partial charge >= 0.3 is 6.18 Å². The highest BCUT2D eigenvalue weighted by atomic mass is 19.4. The van der Waals surface area contributed by atoms with Gasteiger partial charge in [-0.3, -0.25) is 4.79 Å². The Morgan fingerprint density at radius 2 is 1.71 bits per heavy atom. The molecule has 0 spiro atoms. The smallest absolute Gasteiger partial charge is 0.335 e. The van der Waals surface area contributed by atoms with Crippen molar-refractivity contribution in [2.75, 3.05) is 26.2 Å². The first-order valence-electron chi connectivity index (χ1n) is 14.2. The lowest BCUT2D eigenvalue weighted by atomic mass is 9.83. The Kier molecular flexibility index (Phi) is 8.91. The molecule has 6 heteroatoms. The molecule has 2 aliphatic heterocycles. The molecule has 2 atom stereocenters. The van der Waals surface area contributed by atoms with Gasteiger partial charge in [-0.1, -0.05) is 70.2 Å². The second-order valence-electron chi connectivity index (χ2n) is 12.7. The summed E-state index contributed by atoms with van der Waals surface area (Å²) in [5.74, 6) is 0.756. The Balaban J connectivity index is 1.38. The molecule has 2 unspecified atom stereocenters. The van der Waals surface area contributed by atoms with Gasteiger partial charge in [0.2, 0.25) is 5.91 Å². The first-order valence-corrected chi connectivity index (χ1v) is 14.2.